The molecule has 21 heavy (non-hydrogen) atoms. The fourth-order valence-corrected chi connectivity index (χ4v) is 3.22. The van der Waals surface area contributed by atoms with Crippen molar-refractivity contribution in [3.05, 3.63) is 42.2 Å². The molecular weight excluding hydrogens is 288 g/mol. The summed E-state index contributed by atoms with van der Waals surface area (Å²) < 4.78 is 31.8. The number of nitrogens with zero attached hydrogens (tertiary/aromatic N) is 2. The second-order valence-corrected chi connectivity index (χ2v) is 7.49. The first-order chi connectivity index (χ1) is 9.76. The molecule has 0 spiro atoms. The summed E-state index contributed by atoms with van der Waals surface area (Å²) in [5.74, 6) is 0.348. The summed E-state index contributed by atoms with van der Waals surface area (Å²) in [6.45, 7) is 8.32. The van der Waals surface area contributed by atoms with Crippen LogP contribution >= 0.6 is 0 Å². The van der Waals surface area contributed by atoms with Crippen LogP contribution in [0.2, 0.25) is 0 Å². The molecule has 2 aromatic rings. The van der Waals surface area contributed by atoms with E-state index in [1.54, 1.807) is 18.2 Å². The zero-order valence-corrected chi connectivity index (χ0v) is 13.5. The summed E-state index contributed by atoms with van der Waals surface area (Å²) in [5, 5.41) is 3.83. The number of ether oxygens (including phenoxy) is 1. The molecule has 0 saturated heterocycles. The fourth-order valence-electron chi connectivity index (χ4n) is 1.95. The number of hydrogen-bond donors (Lipinski definition) is 0. The fraction of sp³-hybridized carbons (Fsp3) is 0.400. The normalized spacial score (nSPS) is 12.4. The van der Waals surface area contributed by atoms with Crippen LogP contribution < -0.4 is 4.74 Å². The van der Waals surface area contributed by atoms with Gasteiger partial charge in [0.25, 0.3) is 10.0 Å². The molecule has 0 N–H and O–H groups in total. The van der Waals surface area contributed by atoms with Crippen molar-refractivity contribution in [2.75, 3.05) is 6.61 Å². The second-order valence-electron chi connectivity index (χ2n) is 5.73. The Balaban J connectivity index is 2.64. The minimum atomic E-state index is -3.75. The summed E-state index contributed by atoms with van der Waals surface area (Å²) >= 11 is 0. The average Bonchev–Trinajstić information content (AvgIpc) is 2.92. The van der Waals surface area contributed by atoms with E-state index in [4.69, 9.17) is 4.74 Å². The third-order valence-electron chi connectivity index (χ3n) is 3.11. The molecule has 6 heteroatoms. The smallest absolute Gasteiger partial charge is 0.286 e. The second kappa shape index (κ2) is 5.52. The largest absolute Gasteiger partial charge is 0.492 e. The Bertz CT molecular complexity index is 714. The van der Waals surface area contributed by atoms with Crippen molar-refractivity contribution in [3.63, 3.8) is 0 Å². The molecule has 5 nitrogen and oxygen atoms in total. The first kappa shape index (κ1) is 15.6. The molecule has 0 aliphatic carbocycles. The van der Waals surface area contributed by atoms with Crippen LogP contribution in [-0.2, 0) is 15.4 Å². The first-order valence-corrected chi connectivity index (χ1v) is 8.23. The SMILES string of the molecule is CCOc1ccc(C(C)(C)C)cc1S(=O)(=O)n1cccn1. The summed E-state index contributed by atoms with van der Waals surface area (Å²) in [4.78, 5) is 0.139. The maximum Gasteiger partial charge on any atom is 0.286 e. The van der Waals surface area contributed by atoms with E-state index >= 15 is 0 Å². The monoisotopic (exact) mass is 308 g/mol. The van der Waals surface area contributed by atoms with Crippen molar-refractivity contribution in [2.24, 2.45) is 0 Å². The van der Waals surface area contributed by atoms with Crippen LogP contribution in [0, 0.1) is 0 Å². The van der Waals surface area contributed by atoms with Crippen molar-refractivity contribution in [1.82, 2.24) is 9.19 Å². The van der Waals surface area contributed by atoms with Crippen LogP contribution in [0.5, 0.6) is 5.75 Å². The predicted octanol–water partition coefficient (Wildman–Crippen LogP) is 2.82. The maximum absolute atomic E-state index is 12.7. The topological polar surface area (TPSA) is 61.2 Å². The quantitative estimate of drug-likeness (QED) is 0.871. The van der Waals surface area contributed by atoms with Crippen molar-refractivity contribution in [1.29, 1.82) is 0 Å². The average molecular weight is 308 g/mol. The van der Waals surface area contributed by atoms with E-state index in [0.717, 1.165) is 9.65 Å². The highest BCUT2D eigenvalue weighted by molar-refractivity contribution is 7.90. The third-order valence-corrected chi connectivity index (χ3v) is 4.70. The lowest BCUT2D eigenvalue weighted by atomic mass is 9.87. The zero-order valence-electron chi connectivity index (χ0n) is 12.7. The highest BCUT2D eigenvalue weighted by atomic mass is 32.2. The first-order valence-electron chi connectivity index (χ1n) is 6.79. The van der Waals surface area contributed by atoms with E-state index in [-0.39, 0.29) is 10.3 Å². The van der Waals surface area contributed by atoms with Crippen molar-refractivity contribution >= 4 is 10.0 Å². The van der Waals surface area contributed by atoms with E-state index in [0.29, 0.717) is 12.4 Å². The Hall–Kier alpha value is -1.82. The zero-order chi connectivity index (χ0) is 15.7. The highest BCUT2D eigenvalue weighted by Gasteiger charge is 2.25. The molecule has 0 unspecified atom stereocenters. The molecule has 2 rings (SSSR count). The van der Waals surface area contributed by atoms with Gasteiger partial charge in [0, 0.05) is 6.20 Å². The molecule has 0 saturated carbocycles. The van der Waals surface area contributed by atoms with Gasteiger partial charge in [-0.1, -0.05) is 26.8 Å². The van der Waals surface area contributed by atoms with Crippen molar-refractivity contribution < 1.29 is 13.2 Å². The van der Waals surface area contributed by atoms with E-state index < -0.39 is 10.0 Å². The molecule has 0 fully saturated rings. The van der Waals surface area contributed by atoms with Crippen molar-refractivity contribution in [2.45, 2.75) is 38.0 Å². The lowest BCUT2D eigenvalue weighted by Crippen LogP contribution is -2.17. The summed E-state index contributed by atoms with van der Waals surface area (Å²) in [7, 11) is -3.75. The van der Waals surface area contributed by atoms with E-state index in [2.05, 4.69) is 5.10 Å². The minimum absolute atomic E-state index is 0.139. The third kappa shape index (κ3) is 3.10. The summed E-state index contributed by atoms with van der Waals surface area (Å²) in [5.41, 5.74) is 0.774. The summed E-state index contributed by atoms with van der Waals surface area (Å²) in [6.07, 6.45) is 2.85. The predicted molar refractivity (Wildman–Crippen MR) is 81.1 cm³/mol. The Kier molecular flexibility index (Phi) is 4.09. The van der Waals surface area contributed by atoms with Gasteiger partial charge in [0.15, 0.2) is 0 Å². The molecular formula is C15H20N2O3S. The van der Waals surface area contributed by atoms with E-state index in [1.165, 1.54) is 12.4 Å². The van der Waals surface area contributed by atoms with Crippen LogP contribution in [0.3, 0.4) is 0 Å². The van der Waals surface area contributed by atoms with Crippen LogP contribution in [0.4, 0.5) is 0 Å². The van der Waals surface area contributed by atoms with Gasteiger partial charge in [-0.25, -0.2) is 0 Å². The van der Waals surface area contributed by atoms with Gasteiger partial charge in [-0.3, -0.25) is 0 Å². The summed E-state index contributed by atoms with van der Waals surface area (Å²) in [6, 6.07) is 6.85. The molecule has 1 aromatic heterocycles. The van der Waals surface area contributed by atoms with Gasteiger partial charge in [-0.2, -0.15) is 17.6 Å². The Morgan fingerprint density at radius 3 is 2.52 bits per heavy atom. The molecule has 114 valence electrons. The van der Waals surface area contributed by atoms with Gasteiger partial charge in [0.1, 0.15) is 10.6 Å². The standard InChI is InChI=1S/C15H20N2O3S/c1-5-20-13-8-7-12(15(2,3)4)11-14(13)21(18,19)17-10-6-9-16-17/h6-11H,5H2,1-4H3. The van der Waals surface area contributed by atoms with Crippen LogP contribution in [0.25, 0.3) is 0 Å². The Morgan fingerprint density at radius 1 is 1.29 bits per heavy atom. The maximum atomic E-state index is 12.7. The van der Waals surface area contributed by atoms with Crippen molar-refractivity contribution in [3.8, 4) is 5.75 Å². The number of aromatic nitrogens is 2. The molecule has 1 heterocycles. The van der Waals surface area contributed by atoms with Gasteiger partial charge in [-0.15, -0.1) is 0 Å². The Morgan fingerprint density at radius 2 is 2.00 bits per heavy atom. The molecule has 1 aromatic carbocycles. The molecule has 0 amide bonds. The van der Waals surface area contributed by atoms with E-state index in [1.807, 2.05) is 33.8 Å². The van der Waals surface area contributed by atoms with Gasteiger partial charge < -0.3 is 4.74 Å². The van der Waals surface area contributed by atoms with Crippen LogP contribution in [0.15, 0.2) is 41.6 Å². The van der Waals surface area contributed by atoms with Crippen LogP contribution in [0.1, 0.15) is 33.3 Å². The number of benzene rings is 1. The van der Waals surface area contributed by atoms with Crippen LogP contribution in [-0.4, -0.2) is 24.2 Å². The Labute approximate surface area is 125 Å². The van der Waals surface area contributed by atoms with Gasteiger partial charge in [0.05, 0.1) is 12.8 Å². The van der Waals surface area contributed by atoms with Gasteiger partial charge >= 0.3 is 0 Å². The molecule has 0 aliphatic heterocycles. The minimum Gasteiger partial charge on any atom is -0.492 e. The molecule has 0 bridgehead atoms. The number of hydrogen-bond acceptors (Lipinski definition) is 4. The molecule has 0 atom stereocenters. The lowest BCUT2D eigenvalue weighted by Gasteiger charge is -2.21. The van der Waals surface area contributed by atoms with E-state index in [9.17, 15) is 8.42 Å². The number of rotatable bonds is 4. The molecule has 0 radical (unpaired) electrons. The highest BCUT2D eigenvalue weighted by Crippen LogP contribution is 2.31. The van der Waals surface area contributed by atoms with Gasteiger partial charge in [-0.05, 0) is 36.1 Å². The lowest BCUT2D eigenvalue weighted by molar-refractivity contribution is 0.330. The van der Waals surface area contributed by atoms with Gasteiger partial charge in [0.2, 0.25) is 0 Å². The molecule has 0 aliphatic rings.